The van der Waals surface area contributed by atoms with Crippen LogP contribution in [0.25, 0.3) is 11.3 Å². The van der Waals surface area contributed by atoms with Crippen LogP contribution in [0.1, 0.15) is 19.3 Å². The topological polar surface area (TPSA) is 79.3 Å². The Morgan fingerprint density at radius 1 is 1.20 bits per heavy atom. The first-order chi connectivity index (χ1) is 11.9. The van der Waals surface area contributed by atoms with Gasteiger partial charge in [-0.05, 0) is 43.4 Å². The molecule has 0 aliphatic heterocycles. The quantitative estimate of drug-likeness (QED) is 0.804. The van der Waals surface area contributed by atoms with Gasteiger partial charge >= 0.3 is 0 Å². The normalized spacial score (nSPS) is 20.8. The molecule has 1 aromatic carbocycles. The van der Waals surface area contributed by atoms with Crippen LogP contribution in [0.2, 0.25) is 10.0 Å². The Morgan fingerprint density at radius 3 is 2.52 bits per heavy atom. The van der Waals surface area contributed by atoms with Crippen molar-refractivity contribution in [2.45, 2.75) is 30.2 Å². The molecule has 0 unspecified atom stereocenters. The number of halogens is 2. The van der Waals surface area contributed by atoms with E-state index in [-0.39, 0.29) is 23.5 Å². The molecule has 0 radical (unpaired) electrons. The molecule has 1 aromatic heterocycles. The third kappa shape index (κ3) is 4.33. The molecule has 0 bridgehead atoms. The number of aliphatic hydroxyl groups is 1. The summed E-state index contributed by atoms with van der Waals surface area (Å²) >= 11 is 12.0. The zero-order valence-corrected chi connectivity index (χ0v) is 15.7. The molecule has 1 heterocycles. The standard InChI is InChI=1S/C17H18Cl2N2O3S/c18-13-8-16(19)17(20-9-13)12-2-5-15(6-3-12)25(23,24)21-14-4-1-11(7-14)10-22/h2-3,5-6,8-9,11,14,21-22H,1,4,7,10H2/t11-,14+/m1/s1. The number of nitrogens with one attached hydrogen (secondary N) is 1. The molecular formula is C17H18Cl2N2O3S. The van der Waals surface area contributed by atoms with E-state index in [1.807, 2.05) is 0 Å². The number of benzene rings is 1. The molecular weight excluding hydrogens is 383 g/mol. The van der Waals surface area contributed by atoms with Gasteiger partial charge in [0, 0.05) is 24.4 Å². The molecule has 1 fully saturated rings. The van der Waals surface area contributed by atoms with E-state index in [0.29, 0.717) is 27.7 Å². The number of pyridine rings is 1. The zero-order chi connectivity index (χ0) is 18.0. The zero-order valence-electron chi connectivity index (χ0n) is 13.3. The molecule has 1 aliphatic carbocycles. The van der Waals surface area contributed by atoms with E-state index in [2.05, 4.69) is 9.71 Å². The van der Waals surface area contributed by atoms with Gasteiger partial charge < -0.3 is 5.11 Å². The fraction of sp³-hybridized carbons (Fsp3) is 0.353. The summed E-state index contributed by atoms with van der Waals surface area (Å²) in [6.07, 6.45) is 3.74. The Bertz CT molecular complexity index is 857. The monoisotopic (exact) mass is 400 g/mol. The minimum Gasteiger partial charge on any atom is -0.396 e. The van der Waals surface area contributed by atoms with Crippen molar-refractivity contribution in [2.24, 2.45) is 5.92 Å². The minimum atomic E-state index is -3.60. The molecule has 2 aromatic rings. The van der Waals surface area contributed by atoms with Gasteiger partial charge in [-0.2, -0.15) is 0 Å². The van der Waals surface area contributed by atoms with Crippen LogP contribution in [-0.2, 0) is 10.0 Å². The van der Waals surface area contributed by atoms with Gasteiger partial charge in [-0.3, -0.25) is 4.98 Å². The summed E-state index contributed by atoms with van der Waals surface area (Å²) in [6, 6.07) is 7.86. The smallest absolute Gasteiger partial charge is 0.240 e. The number of rotatable bonds is 5. The summed E-state index contributed by atoms with van der Waals surface area (Å²) < 4.78 is 27.7. The Hall–Kier alpha value is -1.18. The van der Waals surface area contributed by atoms with Gasteiger partial charge in [0.05, 0.1) is 20.6 Å². The van der Waals surface area contributed by atoms with Crippen molar-refractivity contribution in [3.63, 3.8) is 0 Å². The molecule has 8 heteroatoms. The maximum absolute atomic E-state index is 12.5. The van der Waals surface area contributed by atoms with Crippen LogP contribution in [0.3, 0.4) is 0 Å². The molecule has 3 rings (SSSR count). The van der Waals surface area contributed by atoms with Crippen molar-refractivity contribution >= 4 is 33.2 Å². The van der Waals surface area contributed by atoms with Crippen molar-refractivity contribution in [2.75, 3.05) is 6.61 Å². The van der Waals surface area contributed by atoms with Crippen LogP contribution in [0, 0.1) is 5.92 Å². The molecule has 0 spiro atoms. The number of hydrogen-bond acceptors (Lipinski definition) is 4. The number of hydrogen-bond donors (Lipinski definition) is 2. The van der Waals surface area contributed by atoms with Crippen LogP contribution >= 0.6 is 23.2 Å². The summed E-state index contributed by atoms with van der Waals surface area (Å²) in [5.74, 6) is 0.174. The van der Waals surface area contributed by atoms with Crippen LogP contribution < -0.4 is 4.72 Å². The minimum absolute atomic E-state index is 0.0990. The lowest BCUT2D eigenvalue weighted by Gasteiger charge is -2.13. The van der Waals surface area contributed by atoms with Gasteiger partial charge in [0.2, 0.25) is 10.0 Å². The predicted octanol–water partition coefficient (Wildman–Crippen LogP) is 3.49. The third-order valence-electron chi connectivity index (χ3n) is 4.37. The highest BCUT2D eigenvalue weighted by Crippen LogP contribution is 2.29. The molecule has 1 aliphatic rings. The van der Waals surface area contributed by atoms with E-state index in [0.717, 1.165) is 12.8 Å². The average Bonchev–Trinajstić information content (AvgIpc) is 3.02. The Balaban J connectivity index is 1.77. The highest BCUT2D eigenvalue weighted by atomic mass is 35.5. The van der Waals surface area contributed by atoms with Gasteiger partial charge in [0.1, 0.15) is 0 Å². The summed E-state index contributed by atoms with van der Waals surface area (Å²) in [4.78, 5) is 4.38. The van der Waals surface area contributed by atoms with E-state index in [4.69, 9.17) is 23.2 Å². The highest BCUT2D eigenvalue weighted by Gasteiger charge is 2.28. The summed E-state index contributed by atoms with van der Waals surface area (Å²) in [7, 11) is -3.60. The first-order valence-corrected chi connectivity index (χ1v) is 10.2. The molecule has 2 N–H and O–H groups in total. The van der Waals surface area contributed by atoms with E-state index in [9.17, 15) is 13.5 Å². The van der Waals surface area contributed by atoms with E-state index < -0.39 is 10.0 Å². The lowest BCUT2D eigenvalue weighted by molar-refractivity contribution is 0.228. The van der Waals surface area contributed by atoms with Crippen LogP contribution in [0.4, 0.5) is 0 Å². The van der Waals surface area contributed by atoms with Gasteiger partial charge in [-0.25, -0.2) is 13.1 Å². The van der Waals surface area contributed by atoms with E-state index in [1.165, 1.54) is 18.3 Å². The maximum atomic E-state index is 12.5. The maximum Gasteiger partial charge on any atom is 0.240 e. The molecule has 0 amide bonds. The molecule has 5 nitrogen and oxygen atoms in total. The Labute approximate surface area is 157 Å². The van der Waals surface area contributed by atoms with Gasteiger partial charge in [-0.15, -0.1) is 0 Å². The second-order valence-corrected chi connectivity index (χ2v) is 8.75. The first-order valence-electron chi connectivity index (χ1n) is 7.93. The summed E-state index contributed by atoms with van der Waals surface area (Å²) in [6.45, 7) is 0.0990. The Morgan fingerprint density at radius 2 is 1.92 bits per heavy atom. The fourth-order valence-corrected chi connectivity index (χ4v) is 4.83. The van der Waals surface area contributed by atoms with Crippen LogP contribution in [0.15, 0.2) is 41.4 Å². The fourth-order valence-electron chi connectivity index (χ4n) is 3.05. The summed E-state index contributed by atoms with van der Waals surface area (Å²) in [5, 5.41) is 10.0. The molecule has 2 atom stereocenters. The van der Waals surface area contributed by atoms with Crippen LogP contribution in [0.5, 0.6) is 0 Å². The number of sulfonamides is 1. The van der Waals surface area contributed by atoms with Crippen LogP contribution in [-0.4, -0.2) is 31.2 Å². The number of nitrogens with zero attached hydrogens (tertiary/aromatic N) is 1. The largest absolute Gasteiger partial charge is 0.396 e. The van der Waals surface area contributed by atoms with E-state index >= 15 is 0 Å². The third-order valence-corrected chi connectivity index (χ3v) is 6.40. The van der Waals surface area contributed by atoms with Crippen molar-refractivity contribution in [3.8, 4) is 11.3 Å². The van der Waals surface area contributed by atoms with Gasteiger partial charge in [0.25, 0.3) is 0 Å². The predicted molar refractivity (Wildman–Crippen MR) is 98.2 cm³/mol. The van der Waals surface area contributed by atoms with E-state index in [1.54, 1.807) is 18.2 Å². The van der Waals surface area contributed by atoms with Gasteiger partial charge in [-0.1, -0.05) is 35.3 Å². The molecule has 134 valence electrons. The SMILES string of the molecule is O=S(=O)(N[C@H]1CC[C@@H](CO)C1)c1ccc(-c2ncc(Cl)cc2Cl)cc1. The van der Waals surface area contributed by atoms with Crippen molar-refractivity contribution in [1.29, 1.82) is 0 Å². The molecule has 0 saturated heterocycles. The Kier molecular flexibility index (Phi) is 5.65. The molecule has 25 heavy (non-hydrogen) atoms. The number of aliphatic hydroxyl groups excluding tert-OH is 1. The van der Waals surface area contributed by atoms with Gasteiger partial charge in [0.15, 0.2) is 0 Å². The summed E-state index contributed by atoms with van der Waals surface area (Å²) in [5.41, 5.74) is 1.26. The number of aromatic nitrogens is 1. The second-order valence-electron chi connectivity index (χ2n) is 6.19. The highest BCUT2D eigenvalue weighted by molar-refractivity contribution is 7.89. The van der Waals surface area contributed by atoms with Crippen molar-refractivity contribution in [1.82, 2.24) is 9.71 Å². The second kappa shape index (κ2) is 7.60. The van der Waals surface area contributed by atoms with Crippen molar-refractivity contribution in [3.05, 3.63) is 46.6 Å². The average molecular weight is 401 g/mol. The first kappa shape index (κ1) is 18.6. The lowest BCUT2D eigenvalue weighted by atomic mass is 10.1. The molecule has 1 saturated carbocycles. The lowest BCUT2D eigenvalue weighted by Crippen LogP contribution is -2.33. The van der Waals surface area contributed by atoms with Crippen molar-refractivity contribution < 1.29 is 13.5 Å².